The Bertz CT molecular complexity index is 960. The molecule has 4 heteroatoms. The van der Waals surface area contributed by atoms with Gasteiger partial charge in [-0.1, -0.05) is 69.2 Å². The number of methoxy groups -OCH3 is 1. The summed E-state index contributed by atoms with van der Waals surface area (Å²) in [6.07, 6.45) is 6.40. The number of phenols is 2. The van der Waals surface area contributed by atoms with Crippen LogP contribution in [0.1, 0.15) is 61.0 Å². The second-order valence-corrected chi connectivity index (χ2v) is 7.50. The molecule has 3 rings (SSSR count). The van der Waals surface area contributed by atoms with Gasteiger partial charge in [0.05, 0.1) is 7.11 Å². The highest BCUT2D eigenvalue weighted by Gasteiger charge is 2.11. The lowest BCUT2D eigenvalue weighted by Crippen LogP contribution is -2.02. The zero-order valence-corrected chi connectivity index (χ0v) is 19.3. The minimum atomic E-state index is -0.509. The number of benzene rings is 3. The van der Waals surface area contributed by atoms with Crippen LogP contribution in [-0.4, -0.2) is 23.3 Å². The largest absolute Gasteiger partial charge is 0.508 e. The molecule has 0 aliphatic carbocycles. The topological polar surface area (TPSA) is 66.8 Å². The van der Waals surface area contributed by atoms with E-state index in [0.717, 1.165) is 55.2 Å². The van der Waals surface area contributed by atoms with Gasteiger partial charge in [-0.3, -0.25) is 0 Å². The molecule has 4 nitrogen and oxygen atoms in total. The van der Waals surface area contributed by atoms with Gasteiger partial charge < -0.3 is 14.9 Å². The number of phenolic OH excluding ortho intramolecular Hbond substituents is 2. The van der Waals surface area contributed by atoms with Crippen LogP contribution in [-0.2, 0) is 17.6 Å². The number of carbonyl (C=O) groups is 1. The summed E-state index contributed by atoms with van der Waals surface area (Å²) in [5, 5.41) is 19.2. The van der Waals surface area contributed by atoms with E-state index in [-0.39, 0.29) is 17.1 Å². The molecule has 3 aromatic rings. The first-order chi connectivity index (χ1) is 15.6. The van der Waals surface area contributed by atoms with Crippen LogP contribution in [0.5, 0.6) is 11.5 Å². The molecule has 0 fully saturated rings. The number of hydrogen-bond acceptors (Lipinski definition) is 4. The van der Waals surface area contributed by atoms with E-state index in [4.69, 9.17) is 4.74 Å². The van der Waals surface area contributed by atoms with Crippen LogP contribution in [0.25, 0.3) is 11.1 Å². The first-order valence-electron chi connectivity index (χ1n) is 11.4. The van der Waals surface area contributed by atoms with Crippen molar-refractivity contribution in [3.63, 3.8) is 0 Å². The smallest absolute Gasteiger partial charge is 0.341 e. The van der Waals surface area contributed by atoms with E-state index in [0.29, 0.717) is 0 Å². The Balaban J connectivity index is 0.00000176. The number of aryl methyl sites for hydroxylation is 2. The number of esters is 1. The molecule has 0 aliphatic rings. The van der Waals surface area contributed by atoms with Gasteiger partial charge in [0, 0.05) is 0 Å². The van der Waals surface area contributed by atoms with Crippen molar-refractivity contribution < 1.29 is 19.7 Å². The number of ether oxygens (including phenoxy) is 1. The third kappa shape index (κ3) is 7.45. The summed E-state index contributed by atoms with van der Waals surface area (Å²) in [6, 6.07) is 21.0. The molecular formula is C28H34O4. The molecule has 0 bridgehead atoms. The van der Waals surface area contributed by atoms with E-state index < -0.39 is 5.97 Å². The van der Waals surface area contributed by atoms with Crippen molar-refractivity contribution in [2.75, 3.05) is 7.11 Å². The third-order valence-electron chi connectivity index (χ3n) is 5.30. The Morgan fingerprint density at radius 3 is 1.78 bits per heavy atom. The number of hydrogen-bond donors (Lipinski definition) is 2. The second kappa shape index (κ2) is 13.2. The summed E-state index contributed by atoms with van der Waals surface area (Å²) >= 11 is 0. The molecule has 0 heterocycles. The molecule has 0 aromatic heterocycles. The van der Waals surface area contributed by atoms with Gasteiger partial charge in [-0.15, -0.1) is 0 Å². The maximum absolute atomic E-state index is 11.7. The van der Waals surface area contributed by atoms with Crippen LogP contribution in [0.15, 0.2) is 66.7 Å². The average Bonchev–Trinajstić information content (AvgIpc) is 2.84. The fourth-order valence-corrected chi connectivity index (χ4v) is 3.54. The highest BCUT2D eigenvalue weighted by atomic mass is 16.5. The minimum absolute atomic E-state index is 0.0398. The summed E-state index contributed by atoms with van der Waals surface area (Å²) in [4.78, 5) is 11.7. The highest BCUT2D eigenvalue weighted by molar-refractivity contribution is 5.92. The maximum Gasteiger partial charge on any atom is 0.341 e. The fraction of sp³-hybridized carbons (Fsp3) is 0.321. The number of aromatic hydroxyl groups is 2. The normalized spacial score (nSPS) is 10.2. The summed E-state index contributed by atoms with van der Waals surface area (Å²) < 4.78 is 4.70. The van der Waals surface area contributed by atoms with E-state index in [1.807, 2.05) is 32.0 Å². The van der Waals surface area contributed by atoms with Crippen molar-refractivity contribution in [1.29, 1.82) is 0 Å². The summed E-state index contributed by atoms with van der Waals surface area (Å²) in [5.74, 6) is -0.266. The van der Waals surface area contributed by atoms with Crippen molar-refractivity contribution in [2.24, 2.45) is 0 Å². The van der Waals surface area contributed by atoms with Crippen molar-refractivity contribution in [3.8, 4) is 22.6 Å². The lowest BCUT2D eigenvalue weighted by atomic mass is 10.00. The van der Waals surface area contributed by atoms with Gasteiger partial charge >= 0.3 is 5.97 Å². The Morgan fingerprint density at radius 1 is 0.719 bits per heavy atom. The quantitative estimate of drug-likeness (QED) is 0.283. The van der Waals surface area contributed by atoms with Gasteiger partial charge in [-0.25, -0.2) is 4.79 Å². The molecule has 0 unspecified atom stereocenters. The lowest BCUT2D eigenvalue weighted by Gasteiger charge is -2.07. The summed E-state index contributed by atoms with van der Waals surface area (Å²) in [5.41, 5.74) is 4.85. The van der Waals surface area contributed by atoms with Gasteiger partial charge in [0.25, 0.3) is 0 Å². The fourth-order valence-electron chi connectivity index (χ4n) is 3.54. The van der Waals surface area contributed by atoms with E-state index >= 15 is 0 Å². The summed E-state index contributed by atoms with van der Waals surface area (Å²) in [6.45, 7) is 4.00. The Hall–Kier alpha value is -3.27. The highest BCUT2D eigenvalue weighted by Crippen LogP contribution is 2.23. The van der Waals surface area contributed by atoms with Gasteiger partial charge in [-0.2, -0.15) is 0 Å². The van der Waals surface area contributed by atoms with Crippen LogP contribution in [0.4, 0.5) is 0 Å². The Labute approximate surface area is 191 Å². The zero-order chi connectivity index (χ0) is 23.3. The summed E-state index contributed by atoms with van der Waals surface area (Å²) in [7, 11) is 1.31. The molecule has 32 heavy (non-hydrogen) atoms. The van der Waals surface area contributed by atoms with Crippen LogP contribution >= 0.6 is 0 Å². The molecule has 170 valence electrons. The van der Waals surface area contributed by atoms with Crippen LogP contribution in [0.2, 0.25) is 0 Å². The van der Waals surface area contributed by atoms with E-state index in [2.05, 4.69) is 24.3 Å². The minimum Gasteiger partial charge on any atom is -0.508 e. The van der Waals surface area contributed by atoms with Gasteiger partial charge in [0.15, 0.2) is 0 Å². The molecule has 0 spiro atoms. The monoisotopic (exact) mass is 434 g/mol. The molecule has 0 aliphatic heterocycles. The Kier molecular flexibility index (Phi) is 10.3. The van der Waals surface area contributed by atoms with Gasteiger partial charge in [0.2, 0.25) is 0 Å². The predicted octanol–water partition coefficient (Wildman–Crippen LogP) is 6.92. The van der Waals surface area contributed by atoms with Crippen molar-refractivity contribution >= 4 is 5.97 Å². The molecule has 3 aromatic carbocycles. The van der Waals surface area contributed by atoms with E-state index in [1.54, 1.807) is 24.3 Å². The first kappa shape index (κ1) is 25.0. The van der Waals surface area contributed by atoms with Crippen molar-refractivity contribution in [2.45, 2.75) is 52.4 Å². The maximum atomic E-state index is 11.7. The molecule has 0 amide bonds. The molecule has 0 saturated carbocycles. The van der Waals surface area contributed by atoms with Crippen molar-refractivity contribution in [3.05, 3.63) is 83.4 Å². The van der Waals surface area contributed by atoms with E-state index in [9.17, 15) is 15.0 Å². The second-order valence-electron chi connectivity index (χ2n) is 7.50. The van der Waals surface area contributed by atoms with Gasteiger partial charge in [-0.05, 0) is 72.2 Å². The Morgan fingerprint density at radius 2 is 1.22 bits per heavy atom. The van der Waals surface area contributed by atoms with Crippen LogP contribution < -0.4 is 0 Å². The molecular weight excluding hydrogens is 400 g/mol. The molecule has 0 radical (unpaired) electrons. The lowest BCUT2D eigenvalue weighted by molar-refractivity contribution is 0.0597. The first-order valence-corrected chi connectivity index (χ1v) is 11.4. The predicted molar refractivity (Wildman–Crippen MR) is 130 cm³/mol. The van der Waals surface area contributed by atoms with Crippen molar-refractivity contribution in [1.82, 2.24) is 0 Å². The molecule has 0 saturated heterocycles. The van der Waals surface area contributed by atoms with Crippen LogP contribution in [0, 0.1) is 0 Å². The SMILES string of the molecule is CC.COC(=O)c1cc(CCCCCCc2ccc(-c3ccc(O)cc3)cc2)ccc1O. The standard InChI is InChI=1S/C26H28O4.C2H6/c1-30-26(29)24-18-20(10-17-25(24)28)7-5-3-2-4-6-19-8-11-21(12-9-19)22-13-15-23(27)16-14-22;1-2/h8-18,27-28H,2-7H2,1H3;1-2H3. The number of rotatable bonds is 9. The number of unbranched alkanes of at least 4 members (excludes halogenated alkanes) is 3. The molecule has 0 atom stereocenters. The zero-order valence-electron chi connectivity index (χ0n) is 19.3. The average molecular weight is 435 g/mol. The van der Waals surface area contributed by atoms with Crippen LogP contribution in [0.3, 0.4) is 0 Å². The van der Waals surface area contributed by atoms with E-state index in [1.165, 1.54) is 12.7 Å². The molecule has 2 N–H and O–H groups in total. The van der Waals surface area contributed by atoms with Gasteiger partial charge in [0.1, 0.15) is 17.1 Å². The third-order valence-corrected chi connectivity index (χ3v) is 5.30. The number of carbonyl (C=O) groups excluding carboxylic acids is 1.